The van der Waals surface area contributed by atoms with Gasteiger partial charge in [0.15, 0.2) is 0 Å². The molecule has 0 heteroatoms. The van der Waals surface area contributed by atoms with Gasteiger partial charge < -0.3 is 0 Å². The predicted molar refractivity (Wildman–Crippen MR) is 110 cm³/mol. The number of unbranched alkanes of at least 4 members (excludes halogenated alkanes) is 2. The highest BCUT2D eigenvalue weighted by atomic mass is 14.7. The first-order valence-electron chi connectivity index (χ1n) is 11.0. The summed E-state index contributed by atoms with van der Waals surface area (Å²) >= 11 is 0. The molecule has 1 aliphatic carbocycles. The van der Waals surface area contributed by atoms with E-state index in [0.29, 0.717) is 21.7 Å². The van der Waals surface area contributed by atoms with Crippen LogP contribution >= 0.6 is 0 Å². The molecule has 0 spiro atoms. The molecule has 1 aliphatic rings. The Bertz CT molecular complexity index is 381. The second-order valence-electron chi connectivity index (χ2n) is 10.5. The maximum absolute atomic E-state index is 2.60. The van der Waals surface area contributed by atoms with Crippen LogP contribution in [0, 0.1) is 27.6 Å². The van der Waals surface area contributed by atoms with E-state index in [1.54, 1.807) is 0 Å². The summed E-state index contributed by atoms with van der Waals surface area (Å²) in [6, 6.07) is 0. The van der Waals surface area contributed by atoms with Crippen LogP contribution in [0.5, 0.6) is 0 Å². The Kier molecular flexibility index (Phi) is 7.47. The average molecular weight is 337 g/mol. The first-order chi connectivity index (χ1) is 11.0. The van der Waals surface area contributed by atoms with Gasteiger partial charge in [0.1, 0.15) is 0 Å². The molecule has 0 radical (unpaired) electrons. The third-order valence-corrected chi connectivity index (χ3v) is 8.82. The van der Waals surface area contributed by atoms with Gasteiger partial charge >= 0.3 is 0 Å². The molecule has 0 nitrogen and oxygen atoms in total. The smallest absolute Gasteiger partial charge is 0.0244 e. The van der Waals surface area contributed by atoms with Crippen LogP contribution in [0.3, 0.4) is 0 Å². The van der Waals surface area contributed by atoms with E-state index in [-0.39, 0.29) is 0 Å². The molecule has 4 atom stereocenters. The van der Waals surface area contributed by atoms with E-state index < -0.39 is 0 Å². The molecule has 0 N–H and O–H groups in total. The maximum atomic E-state index is 2.60. The summed E-state index contributed by atoms with van der Waals surface area (Å²) in [5, 5.41) is 0. The van der Waals surface area contributed by atoms with Crippen molar-refractivity contribution in [3.05, 3.63) is 0 Å². The lowest BCUT2D eigenvalue weighted by atomic mass is 9.59. The van der Waals surface area contributed by atoms with Gasteiger partial charge in [0.05, 0.1) is 0 Å². The van der Waals surface area contributed by atoms with Crippen LogP contribution in [-0.4, -0.2) is 0 Å². The lowest BCUT2D eigenvalue weighted by Crippen LogP contribution is -2.38. The minimum Gasteiger partial charge on any atom is -0.0654 e. The van der Waals surface area contributed by atoms with Gasteiger partial charge in [-0.3, -0.25) is 0 Å². The first-order valence-corrected chi connectivity index (χ1v) is 11.0. The number of rotatable bonds is 12. The second-order valence-corrected chi connectivity index (χ2v) is 10.5. The van der Waals surface area contributed by atoms with Gasteiger partial charge in [0.25, 0.3) is 0 Å². The molecular formula is C24H48. The number of hydrogen-bond acceptors (Lipinski definition) is 0. The average Bonchev–Trinajstić information content (AvgIpc) is 3.25. The van der Waals surface area contributed by atoms with Crippen molar-refractivity contribution in [2.24, 2.45) is 27.6 Å². The molecule has 0 aromatic rings. The maximum Gasteiger partial charge on any atom is -0.0244 e. The molecule has 0 aromatic carbocycles. The fourth-order valence-electron chi connectivity index (χ4n) is 5.15. The second kappa shape index (κ2) is 8.13. The topological polar surface area (TPSA) is 0 Å². The lowest BCUT2D eigenvalue weighted by Gasteiger charge is -2.46. The van der Waals surface area contributed by atoms with E-state index in [1.165, 1.54) is 64.2 Å². The van der Waals surface area contributed by atoms with Gasteiger partial charge in [0.2, 0.25) is 0 Å². The monoisotopic (exact) mass is 336 g/mol. The molecule has 0 saturated heterocycles. The molecule has 1 saturated carbocycles. The van der Waals surface area contributed by atoms with E-state index in [4.69, 9.17) is 0 Å². The Morgan fingerprint density at radius 1 is 0.833 bits per heavy atom. The third kappa shape index (κ3) is 4.59. The standard InChI is InChI=1S/C24H48/c1-10-14-15-16-22(7,12-3)17-18-23(8)19-20(23)24(9,13-4)21(5,6)11-2/h20H,10-19H2,1-9H3. The molecule has 0 bridgehead atoms. The van der Waals surface area contributed by atoms with Crippen molar-refractivity contribution < 1.29 is 0 Å². The Morgan fingerprint density at radius 3 is 1.92 bits per heavy atom. The Balaban J connectivity index is 2.69. The van der Waals surface area contributed by atoms with Crippen molar-refractivity contribution in [3.8, 4) is 0 Å². The minimum absolute atomic E-state index is 0.458. The Morgan fingerprint density at radius 2 is 1.46 bits per heavy atom. The summed E-state index contributed by atoms with van der Waals surface area (Å²) in [6.07, 6.45) is 14.0. The summed E-state index contributed by atoms with van der Waals surface area (Å²) in [6.45, 7) is 22.3. The predicted octanol–water partition coefficient (Wildman–Crippen LogP) is 8.64. The fraction of sp³-hybridized carbons (Fsp3) is 1.00. The quantitative estimate of drug-likeness (QED) is 0.313. The van der Waals surface area contributed by atoms with Crippen LogP contribution < -0.4 is 0 Å². The molecule has 1 fully saturated rings. The van der Waals surface area contributed by atoms with E-state index in [2.05, 4.69) is 62.3 Å². The molecule has 24 heavy (non-hydrogen) atoms. The van der Waals surface area contributed by atoms with Gasteiger partial charge in [-0.05, 0) is 59.7 Å². The summed E-state index contributed by atoms with van der Waals surface area (Å²) in [7, 11) is 0. The molecule has 1 rings (SSSR count). The van der Waals surface area contributed by atoms with Crippen molar-refractivity contribution in [1.29, 1.82) is 0 Å². The highest BCUT2D eigenvalue weighted by Crippen LogP contribution is 2.69. The Labute approximate surface area is 154 Å². The van der Waals surface area contributed by atoms with Crippen LogP contribution in [0.25, 0.3) is 0 Å². The molecule has 4 unspecified atom stereocenters. The zero-order valence-electron chi connectivity index (χ0n) is 18.6. The summed E-state index contributed by atoms with van der Waals surface area (Å²) < 4.78 is 0. The zero-order chi connectivity index (χ0) is 18.6. The highest BCUT2D eigenvalue weighted by Gasteiger charge is 2.61. The van der Waals surface area contributed by atoms with Crippen molar-refractivity contribution in [1.82, 2.24) is 0 Å². The van der Waals surface area contributed by atoms with Crippen LogP contribution in [0.2, 0.25) is 0 Å². The van der Waals surface area contributed by atoms with Crippen LogP contribution in [-0.2, 0) is 0 Å². The lowest BCUT2D eigenvalue weighted by molar-refractivity contribution is 0.0348. The van der Waals surface area contributed by atoms with E-state index in [1.807, 2.05) is 0 Å². The largest absolute Gasteiger partial charge is 0.0654 e. The van der Waals surface area contributed by atoms with Gasteiger partial charge in [-0.15, -0.1) is 0 Å². The van der Waals surface area contributed by atoms with Crippen LogP contribution in [0.1, 0.15) is 127 Å². The molecule has 0 aliphatic heterocycles. The van der Waals surface area contributed by atoms with Crippen LogP contribution in [0.15, 0.2) is 0 Å². The number of hydrogen-bond donors (Lipinski definition) is 0. The minimum atomic E-state index is 0.458. The van der Waals surface area contributed by atoms with E-state index in [9.17, 15) is 0 Å². The van der Waals surface area contributed by atoms with Crippen molar-refractivity contribution in [2.45, 2.75) is 127 Å². The first kappa shape index (κ1) is 22.0. The molecule has 0 heterocycles. The zero-order valence-corrected chi connectivity index (χ0v) is 18.6. The fourth-order valence-corrected chi connectivity index (χ4v) is 5.15. The van der Waals surface area contributed by atoms with Crippen molar-refractivity contribution in [2.75, 3.05) is 0 Å². The third-order valence-electron chi connectivity index (χ3n) is 8.82. The van der Waals surface area contributed by atoms with Crippen LogP contribution in [0.4, 0.5) is 0 Å². The van der Waals surface area contributed by atoms with Crippen molar-refractivity contribution in [3.63, 3.8) is 0 Å². The summed E-state index contributed by atoms with van der Waals surface area (Å²) in [4.78, 5) is 0. The Hall–Kier alpha value is 0. The van der Waals surface area contributed by atoms with Gasteiger partial charge in [-0.1, -0.05) is 94.4 Å². The van der Waals surface area contributed by atoms with Gasteiger partial charge in [-0.25, -0.2) is 0 Å². The normalized spacial score (nSPS) is 29.1. The highest BCUT2D eigenvalue weighted by molar-refractivity contribution is 5.10. The molecule has 0 aromatic heterocycles. The molecular weight excluding hydrogens is 288 g/mol. The molecule has 0 amide bonds. The SMILES string of the molecule is CCCCCC(C)(CC)CCC1(C)CC1C(C)(CC)C(C)(C)CC. The molecule has 144 valence electrons. The summed E-state index contributed by atoms with van der Waals surface area (Å²) in [5.74, 6) is 0.932. The van der Waals surface area contributed by atoms with Crippen molar-refractivity contribution >= 4 is 0 Å². The van der Waals surface area contributed by atoms with Gasteiger partial charge in [0, 0.05) is 0 Å². The van der Waals surface area contributed by atoms with Gasteiger partial charge in [-0.2, -0.15) is 0 Å². The van der Waals surface area contributed by atoms with E-state index in [0.717, 1.165) is 5.92 Å². The summed E-state index contributed by atoms with van der Waals surface area (Å²) in [5.41, 5.74) is 2.15. The van der Waals surface area contributed by atoms with E-state index >= 15 is 0 Å².